The monoisotopic (exact) mass is 302 g/mol. The van der Waals surface area contributed by atoms with Gasteiger partial charge in [-0.05, 0) is 56.7 Å². The van der Waals surface area contributed by atoms with E-state index in [1.165, 1.54) is 36.8 Å². The standard InChI is InChI=1S/C18H26N2O2/c1-15-6-5-9-17(14-15)22-13-12-20-18(21)19-11-10-16-7-3-2-4-8-16/h5-7,9,14H,2-4,8,10-13H2,1H3,(H2,19,20,21). The van der Waals surface area contributed by atoms with Gasteiger partial charge in [-0.2, -0.15) is 0 Å². The number of allylic oxidation sites excluding steroid dienone is 1. The second-order valence-electron chi connectivity index (χ2n) is 5.71. The second kappa shape index (κ2) is 9.13. The van der Waals surface area contributed by atoms with E-state index in [0.29, 0.717) is 19.7 Å². The maximum absolute atomic E-state index is 11.7. The molecule has 0 spiro atoms. The first kappa shape index (κ1) is 16.4. The quantitative estimate of drug-likeness (QED) is 0.597. The van der Waals surface area contributed by atoms with E-state index >= 15 is 0 Å². The van der Waals surface area contributed by atoms with E-state index in [9.17, 15) is 4.79 Å². The lowest BCUT2D eigenvalue weighted by atomic mass is 9.97. The molecular weight excluding hydrogens is 276 g/mol. The third-order valence-electron chi connectivity index (χ3n) is 3.76. The van der Waals surface area contributed by atoms with Gasteiger partial charge in [-0.15, -0.1) is 0 Å². The third kappa shape index (κ3) is 6.20. The number of rotatable bonds is 7. The van der Waals surface area contributed by atoms with Gasteiger partial charge in [0.05, 0.1) is 6.54 Å². The molecule has 0 saturated carbocycles. The van der Waals surface area contributed by atoms with E-state index in [1.54, 1.807) is 0 Å². The maximum atomic E-state index is 11.7. The lowest BCUT2D eigenvalue weighted by Crippen LogP contribution is -2.38. The molecule has 1 aliphatic rings. The summed E-state index contributed by atoms with van der Waals surface area (Å²) in [5, 5.41) is 5.70. The van der Waals surface area contributed by atoms with Crippen molar-refractivity contribution in [1.29, 1.82) is 0 Å². The van der Waals surface area contributed by atoms with Gasteiger partial charge in [0.2, 0.25) is 0 Å². The molecule has 4 heteroatoms. The highest BCUT2D eigenvalue weighted by atomic mass is 16.5. The van der Waals surface area contributed by atoms with Gasteiger partial charge >= 0.3 is 6.03 Å². The molecule has 0 saturated heterocycles. The summed E-state index contributed by atoms with van der Waals surface area (Å²) in [6.07, 6.45) is 8.25. The van der Waals surface area contributed by atoms with E-state index in [-0.39, 0.29) is 6.03 Å². The minimum Gasteiger partial charge on any atom is -0.492 e. The maximum Gasteiger partial charge on any atom is 0.314 e. The number of aryl methyl sites for hydroxylation is 1. The molecule has 0 atom stereocenters. The lowest BCUT2D eigenvalue weighted by Gasteiger charge is -2.13. The molecule has 1 aromatic rings. The topological polar surface area (TPSA) is 50.4 Å². The van der Waals surface area contributed by atoms with Crippen LogP contribution in [0, 0.1) is 6.92 Å². The van der Waals surface area contributed by atoms with Crippen LogP contribution in [-0.2, 0) is 0 Å². The Morgan fingerprint density at radius 2 is 2.09 bits per heavy atom. The fraction of sp³-hybridized carbons (Fsp3) is 0.500. The van der Waals surface area contributed by atoms with Crippen LogP contribution in [0.25, 0.3) is 0 Å². The first-order chi connectivity index (χ1) is 10.7. The number of amides is 2. The summed E-state index contributed by atoms with van der Waals surface area (Å²) in [6, 6.07) is 7.78. The van der Waals surface area contributed by atoms with Crippen LogP contribution in [0.15, 0.2) is 35.9 Å². The third-order valence-corrected chi connectivity index (χ3v) is 3.76. The fourth-order valence-corrected chi connectivity index (χ4v) is 2.57. The molecule has 0 fully saturated rings. The van der Waals surface area contributed by atoms with Crippen LogP contribution in [-0.4, -0.2) is 25.7 Å². The van der Waals surface area contributed by atoms with Crippen molar-refractivity contribution >= 4 is 6.03 Å². The average Bonchev–Trinajstić information content (AvgIpc) is 2.53. The molecule has 1 aromatic carbocycles. The number of hydrogen-bond acceptors (Lipinski definition) is 2. The summed E-state index contributed by atoms with van der Waals surface area (Å²) in [5.41, 5.74) is 2.65. The Morgan fingerprint density at radius 3 is 2.86 bits per heavy atom. The molecule has 120 valence electrons. The van der Waals surface area contributed by atoms with E-state index in [2.05, 4.69) is 16.7 Å². The molecule has 0 aromatic heterocycles. The summed E-state index contributed by atoms with van der Waals surface area (Å²) >= 11 is 0. The predicted molar refractivity (Wildman–Crippen MR) is 89.2 cm³/mol. The van der Waals surface area contributed by atoms with E-state index in [4.69, 9.17) is 4.74 Å². The lowest BCUT2D eigenvalue weighted by molar-refractivity contribution is 0.236. The highest BCUT2D eigenvalue weighted by Gasteiger charge is 2.04. The Balaban J connectivity index is 1.53. The van der Waals surface area contributed by atoms with Crippen molar-refractivity contribution in [3.05, 3.63) is 41.5 Å². The van der Waals surface area contributed by atoms with Crippen molar-refractivity contribution in [3.63, 3.8) is 0 Å². The zero-order valence-corrected chi connectivity index (χ0v) is 13.4. The molecule has 0 unspecified atom stereocenters. The molecule has 1 aliphatic carbocycles. The number of benzene rings is 1. The van der Waals surface area contributed by atoms with Gasteiger partial charge in [-0.25, -0.2) is 4.79 Å². The first-order valence-corrected chi connectivity index (χ1v) is 8.13. The molecule has 2 N–H and O–H groups in total. The van der Waals surface area contributed by atoms with E-state index < -0.39 is 0 Å². The van der Waals surface area contributed by atoms with Gasteiger partial charge in [-0.1, -0.05) is 23.8 Å². The predicted octanol–water partition coefficient (Wildman–Crippen LogP) is 3.56. The van der Waals surface area contributed by atoms with Crippen molar-refractivity contribution < 1.29 is 9.53 Å². The Bertz CT molecular complexity index is 512. The molecule has 0 radical (unpaired) electrons. The Labute approximate surface area is 132 Å². The minimum absolute atomic E-state index is 0.121. The molecule has 22 heavy (non-hydrogen) atoms. The average molecular weight is 302 g/mol. The Kier molecular flexibility index (Phi) is 6.81. The number of hydrogen-bond donors (Lipinski definition) is 2. The van der Waals surface area contributed by atoms with Gasteiger partial charge in [0.1, 0.15) is 12.4 Å². The summed E-state index contributed by atoms with van der Waals surface area (Å²) < 4.78 is 5.59. The van der Waals surface area contributed by atoms with Gasteiger partial charge in [0.25, 0.3) is 0 Å². The molecule has 2 amide bonds. The highest BCUT2D eigenvalue weighted by Crippen LogP contribution is 2.19. The normalized spacial score (nSPS) is 14.1. The van der Waals surface area contributed by atoms with Crippen LogP contribution in [0.3, 0.4) is 0 Å². The van der Waals surface area contributed by atoms with Crippen LogP contribution in [0.5, 0.6) is 5.75 Å². The van der Waals surface area contributed by atoms with Crippen LogP contribution < -0.4 is 15.4 Å². The van der Waals surface area contributed by atoms with Crippen LogP contribution in [0.4, 0.5) is 4.79 Å². The van der Waals surface area contributed by atoms with Crippen LogP contribution >= 0.6 is 0 Å². The smallest absolute Gasteiger partial charge is 0.314 e. The van der Waals surface area contributed by atoms with Gasteiger partial charge in [-0.3, -0.25) is 0 Å². The zero-order valence-electron chi connectivity index (χ0n) is 13.4. The van der Waals surface area contributed by atoms with Gasteiger partial charge in [0, 0.05) is 6.54 Å². The van der Waals surface area contributed by atoms with Crippen molar-refractivity contribution in [1.82, 2.24) is 10.6 Å². The Hall–Kier alpha value is -1.97. The number of carbonyl (C=O) groups excluding carboxylic acids is 1. The molecule has 0 heterocycles. The summed E-state index contributed by atoms with van der Waals surface area (Å²) in [5.74, 6) is 0.839. The van der Waals surface area contributed by atoms with Crippen molar-refractivity contribution in [3.8, 4) is 5.75 Å². The van der Waals surface area contributed by atoms with Gasteiger partial charge in [0.15, 0.2) is 0 Å². The summed E-state index contributed by atoms with van der Waals surface area (Å²) in [6.45, 7) is 3.71. The van der Waals surface area contributed by atoms with Crippen molar-refractivity contribution in [2.45, 2.75) is 39.0 Å². The number of carbonyl (C=O) groups is 1. The van der Waals surface area contributed by atoms with Crippen LogP contribution in [0.1, 0.15) is 37.7 Å². The zero-order chi connectivity index (χ0) is 15.6. The van der Waals surface area contributed by atoms with Crippen molar-refractivity contribution in [2.24, 2.45) is 0 Å². The summed E-state index contributed by atoms with van der Waals surface area (Å²) in [4.78, 5) is 11.7. The largest absolute Gasteiger partial charge is 0.492 e. The van der Waals surface area contributed by atoms with E-state index in [0.717, 1.165) is 12.2 Å². The van der Waals surface area contributed by atoms with Gasteiger partial charge < -0.3 is 15.4 Å². The highest BCUT2D eigenvalue weighted by molar-refractivity contribution is 5.73. The molecule has 4 nitrogen and oxygen atoms in total. The second-order valence-corrected chi connectivity index (χ2v) is 5.71. The number of nitrogens with one attached hydrogen (secondary N) is 2. The SMILES string of the molecule is Cc1cccc(OCCNC(=O)NCCC2=CCCCC2)c1. The van der Waals surface area contributed by atoms with E-state index in [1.807, 2.05) is 31.2 Å². The fourth-order valence-electron chi connectivity index (χ4n) is 2.57. The molecule has 0 bridgehead atoms. The molecular formula is C18H26N2O2. The molecule has 0 aliphatic heterocycles. The number of ether oxygens (including phenoxy) is 1. The summed E-state index contributed by atoms with van der Waals surface area (Å²) in [7, 11) is 0. The minimum atomic E-state index is -0.121. The Morgan fingerprint density at radius 1 is 1.23 bits per heavy atom. The molecule has 2 rings (SSSR count). The number of urea groups is 1. The van der Waals surface area contributed by atoms with Crippen molar-refractivity contribution in [2.75, 3.05) is 19.7 Å². The first-order valence-electron chi connectivity index (χ1n) is 8.13. The van der Waals surface area contributed by atoms with Crippen LogP contribution in [0.2, 0.25) is 0 Å².